The molecule has 1 unspecified atom stereocenters. The van der Waals surface area contributed by atoms with E-state index < -0.39 is 24.6 Å². The van der Waals surface area contributed by atoms with E-state index in [1.54, 1.807) is 18.2 Å². The molecule has 5 heteroatoms. The van der Waals surface area contributed by atoms with Crippen LogP contribution in [-0.4, -0.2) is 33.5 Å². The Balaban J connectivity index is 2.01. The van der Waals surface area contributed by atoms with Gasteiger partial charge in [-0.2, -0.15) is 0 Å². The van der Waals surface area contributed by atoms with E-state index in [2.05, 4.69) is 26.0 Å². The summed E-state index contributed by atoms with van der Waals surface area (Å²) in [5, 5.41) is 28.9. The maximum atomic E-state index is 13.5. The SMILES string of the molecule is CC(C)C1C(/C=C/[C@@H](O)C[C@@H](O)CC(=O)O)=C(c2ccc(F)cc2)c2ccccc21. The third-order valence-electron chi connectivity index (χ3n) is 5.41. The number of carbonyl (C=O) groups is 1. The fourth-order valence-electron chi connectivity index (χ4n) is 4.18. The molecule has 0 fully saturated rings. The van der Waals surface area contributed by atoms with Gasteiger partial charge >= 0.3 is 5.97 Å². The Morgan fingerprint density at radius 2 is 1.77 bits per heavy atom. The van der Waals surface area contributed by atoms with Crippen molar-refractivity contribution in [2.75, 3.05) is 0 Å². The summed E-state index contributed by atoms with van der Waals surface area (Å²) in [6.07, 6.45) is 0.912. The maximum absolute atomic E-state index is 13.5. The third kappa shape index (κ3) is 4.86. The van der Waals surface area contributed by atoms with E-state index in [1.165, 1.54) is 17.7 Å². The highest BCUT2D eigenvalue weighted by Gasteiger charge is 2.32. The smallest absolute Gasteiger partial charge is 0.305 e. The number of hydrogen-bond acceptors (Lipinski definition) is 3. The highest BCUT2D eigenvalue weighted by Crippen LogP contribution is 2.48. The summed E-state index contributed by atoms with van der Waals surface area (Å²) < 4.78 is 13.5. The van der Waals surface area contributed by atoms with Crippen LogP contribution < -0.4 is 0 Å². The molecule has 3 N–H and O–H groups in total. The van der Waals surface area contributed by atoms with Crippen molar-refractivity contribution >= 4 is 11.5 Å². The standard InChI is InChI=1S/C25H27FO4/c1-15(2)24-20-5-3-4-6-21(20)25(16-7-9-17(26)10-8-16)22(24)12-11-18(27)13-19(28)14-23(29)30/h3-12,15,18-19,24,27-28H,13-14H2,1-2H3,(H,29,30)/b12-11+/t18-,19-,24?/m1/s1. The maximum Gasteiger partial charge on any atom is 0.305 e. The molecule has 3 rings (SSSR count). The van der Waals surface area contributed by atoms with Gasteiger partial charge in [0.2, 0.25) is 0 Å². The first-order valence-electron chi connectivity index (χ1n) is 10.1. The van der Waals surface area contributed by atoms with Crippen LogP contribution in [0.2, 0.25) is 0 Å². The van der Waals surface area contributed by atoms with Crippen molar-refractivity contribution in [3.8, 4) is 0 Å². The van der Waals surface area contributed by atoms with Crippen LogP contribution in [0.15, 0.2) is 66.3 Å². The lowest BCUT2D eigenvalue weighted by Gasteiger charge is -2.19. The van der Waals surface area contributed by atoms with Gasteiger partial charge in [-0.3, -0.25) is 4.79 Å². The summed E-state index contributed by atoms with van der Waals surface area (Å²) in [5.41, 5.74) is 5.19. The summed E-state index contributed by atoms with van der Waals surface area (Å²) in [6, 6.07) is 14.5. The number of carboxylic acid groups (broad SMARTS) is 1. The van der Waals surface area contributed by atoms with Gasteiger partial charge in [-0.15, -0.1) is 0 Å². The summed E-state index contributed by atoms with van der Waals surface area (Å²) in [4.78, 5) is 10.7. The Kier molecular flexibility index (Phi) is 6.85. The predicted octanol–water partition coefficient (Wildman–Crippen LogP) is 4.52. The average Bonchev–Trinajstić information content (AvgIpc) is 3.00. The molecule has 2 aromatic rings. The molecule has 1 aliphatic rings. The quantitative estimate of drug-likeness (QED) is 0.598. The Morgan fingerprint density at radius 1 is 1.10 bits per heavy atom. The second-order valence-corrected chi connectivity index (χ2v) is 8.06. The molecular formula is C25H27FO4. The van der Waals surface area contributed by atoms with Gasteiger partial charge in [0.25, 0.3) is 0 Å². The van der Waals surface area contributed by atoms with E-state index in [1.807, 2.05) is 18.2 Å². The van der Waals surface area contributed by atoms with Crippen LogP contribution >= 0.6 is 0 Å². The average molecular weight is 410 g/mol. The number of aliphatic hydroxyl groups is 2. The van der Waals surface area contributed by atoms with Crippen molar-refractivity contribution in [1.82, 2.24) is 0 Å². The molecule has 30 heavy (non-hydrogen) atoms. The molecule has 0 radical (unpaired) electrons. The lowest BCUT2D eigenvalue weighted by Crippen LogP contribution is -2.19. The van der Waals surface area contributed by atoms with Gasteiger partial charge in [0.05, 0.1) is 18.6 Å². The number of benzene rings is 2. The number of hydrogen-bond donors (Lipinski definition) is 3. The second kappa shape index (κ2) is 9.37. The Bertz CT molecular complexity index is 959. The first-order chi connectivity index (χ1) is 14.3. The Morgan fingerprint density at radius 3 is 2.40 bits per heavy atom. The largest absolute Gasteiger partial charge is 0.481 e. The predicted molar refractivity (Wildman–Crippen MR) is 114 cm³/mol. The number of fused-ring (bicyclic) bond motifs is 1. The molecule has 0 spiro atoms. The Hall–Kier alpha value is -2.76. The van der Waals surface area contributed by atoms with Crippen molar-refractivity contribution in [1.29, 1.82) is 0 Å². The van der Waals surface area contributed by atoms with Crippen LogP contribution in [0.1, 0.15) is 49.3 Å². The number of rotatable bonds is 8. The first-order valence-corrected chi connectivity index (χ1v) is 10.1. The second-order valence-electron chi connectivity index (χ2n) is 8.06. The van der Waals surface area contributed by atoms with Gasteiger partial charge in [-0.25, -0.2) is 4.39 Å². The van der Waals surface area contributed by atoms with Crippen molar-refractivity contribution in [2.45, 2.75) is 44.8 Å². The Labute approximate surface area is 176 Å². The van der Waals surface area contributed by atoms with Crippen molar-refractivity contribution in [2.24, 2.45) is 5.92 Å². The van der Waals surface area contributed by atoms with E-state index in [0.717, 1.165) is 22.3 Å². The minimum absolute atomic E-state index is 0.0543. The van der Waals surface area contributed by atoms with Crippen LogP contribution in [0.4, 0.5) is 4.39 Å². The monoisotopic (exact) mass is 410 g/mol. The zero-order valence-electron chi connectivity index (χ0n) is 17.1. The molecular weight excluding hydrogens is 383 g/mol. The molecule has 4 nitrogen and oxygen atoms in total. The lowest BCUT2D eigenvalue weighted by molar-refractivity contribution is -0.139. The fourth-order valence-corrected chi connectivity index (χ4v) is 4.18. The number of aliphatic hydroxyl groups excluding tert-OH is 2. The van der Waals surface area contributed by atoms with Crippen LogP contribution in [0.3, 0.4) is 0 Å². The van der Waals surface area contributed by atoms with E-state index in [0.29, 0.717) is 5.92 Å². The van der Waals surface area contributed by atoms with E-state index in [4.69, 9.17) is 5.11 Å². The van der Waals surface area contributed by atoms with Gasteiger partial charge in [0, 0.05) is 12.3 Å². The van der Waals surface area contributed by atoms with Crippen LogP contribution in [0.5, 0.6) is 0 Å². The summed E-state index contributed by atoms with van der Waals surface area (Å²) >= 11 is 0. The molecule has 3 atom stereocenters. The van der Waals surface area contributed by atoms with Crippen molar-refractivity contribution in [3.05, 3.63) is 88.8 Å². The topological polar surface area (TPSA) is 77.8 Å². The van der Waals surface area contributed by atoms with Crippen LogP contribution in [0, 0.1) is 11.7 Å². The summed E-state index contributed by atoms with van der Waals surface area (Å²) in [5.74, 6) is -1.01. The number of allylic oxidation sites excluding steroid dienone is 2. The van der Waals surface area contributed by atoms with Crippen molar-refractivity contribution < 1.29 is 24.5 Å². The van der Waals surface area contributed by atoms with Crippen LogP contribution in [0.25, 0.3) is 5.57 Å². The molecule has 0 heterocycles. The third-order valence-corrected chi connectivity index (χ3v) is 5.41. The van der Waals surface area contributed by atoms with Crippen molar-refractivity contribution in [3.63, 3.8) is 0 Å². The summed E-state index contributed by atoms with van der Waals surface area (Å²) in [7, 11) is 0. The lowest BCUT2D eigenvalue weighted by atomic mass is 9.85. The van der Waals surface area contributed by atoms with Gasteiger partial charge in [0.15, 0.2) is 0 Å². The zero-order chi connectivity index (χ0) is 21.8. The van der Waals surface area contributed by atoms with Gasteiger partial charge < -0.3 is 15.3 Å². The number of halogens is 1. The number of carboxylic acids is 1. The molecule has 0 amide bonds. The normalized spacial score (nSPS) is 18.1. The molecule has 0 saturated carbocycles. The summed E-state index contributed by atoms with van der Waals surface area (Å²) in [6.45, 7) is 4.27. The molecule has 0 aliphatic heterocycles. The first kappa shape index (κ1) is 21.9. The zero-order valence-corrected chi connectivity index (χ0v) is 17.1. The molecule has 0 aromatic heterocycles. The van der Waals surface area contributed by atoms with Gasteiger partial charge in [-0.1, -0.05) is 62.4 Å². The van der Waals surface area contributed by atoms with Gasteiger partial charge in [-0.05, 0) is 45.9 Å². The fraction of sp³-hybridized carbons (Fsp3) is 0.320. The highest BCUT2D eigenvalue weighted by atomic mass is 19.1. The van der Waals surface area contributed by atoms with E-state index in [-0.39, 0.29) is 18.2 Å². The van der Waals surface area contributed by atoms with Gasteiger partial charge in [0.1, 0.15) is 5.82 Å². The molecule has 0 saturated heterocycles. The minimum atomic E-state index is -1.12. The highest BCUT2D eigenvalue weighted by molar-refractivity contribution is 5.90. The molecule has 1 aliphatic carbocycles. The molecule has 0 bridgehead atoms. The van der Waals surface area contributed by atoms with E-state index in [9.17, 15) is 19.4 Å². The number of aliphatic carboxylic acids is 1. The van der Waals surface area contributed by atoms with E-state index >= 15 is 0 Å². The minimum Gasteiger partial charge on any atom is -0.481 e. The van der Waals surface area contributed by atoms with Crippen LogP contribution in [-0.2, 0) is 4.79 Å². The molecule has 2 aromatic carbocycles. The molecule has 158 valence electrons.